The highest BCUT2D eigenvalue weighted by molar-refractivity contribution is 5.55. The van der Waals surface area contributed by atoms with Crippen LogP contribution in [0.3, 0.4) is 0 Å². The van der Waals surface area contributed by atoms with Gasteiger partial charge in [-0.25, -0.2) is 0 Å². The summed E-state index contributed by atoms with van der Waals surface area (Å²) in [7, 11) is 0. The summed E-state index contributed by atoms with van der Waals surface area (Å²) in [5, 5.41) is 3.54. The Morgan fingerprint density at radius 3 is 2.36 bits per heavy atom. The average Bonchev–Trinajstić information content (AvgIpc) is 2.01. The molecule has 1 nitrogen and oxygen atoms in total. The molecule has 0 spiro atoms. The van der Waals surface area contributed by atoms with Crippen molar-refractivity contribution in [2.24, 2.45) is 0 Å². The Kier molecular flexibility index (Phi) is 3.20. The van der Waals surface area contributed by atoms with Gasteiger partial charge in [0.05, 0.1) is 0 Å². The first-order valence-corrected chi connectivity index (χ1v) is 5.30. The molecule has 0 saturated heterocycles. The van der Waals surface area contributed by atoms with Crippen molar-refractivity contribution in [2.45, 2.75) is 46.6 Å². The van der Waals surface area contributed by atoms with Crippen LogP contribution < -0.4 is 5.32 Å². The van der Waals surface area contributed by atoms with Gasteiger partial charge in [-0.3, -0.25) is 0 Å². The van der Waals surface area contributed by atoms with Gasteiger partial charge in [0, 0.05) is 11.2 Å². The van der Waals surface area contributed by atoms with Crippen LogP contribution in [-0.4, -0.2) is 5.54 Å². The zero-order valence-corrected chi connectivity index (χ0v) is 9.94. The molecule has 0 aliphatic carbocycles. The maximum Gasteiger partial charge on any atom is 0.0379 e. The molecule has 0 bridgehead atoms. The Morgan fingerprint density at radius 2 is 1.86 bits per heavy atom. The molecule has 0 aliphatic rings. The number of hydrogen-bond acceptors (Lipinski definition) is 1. The van der Waals surface area contributed by atoms with Gasteiger partial charge in [0.1, 0.15) is 0 Å². The van der Waals surface area contributed by atoms with Crippen LogP contribution in [0.25, 0.3) is 0 Å². The molecule has 0 aliphatic heterocycles. The number of benzene rings is 1. The first-order valence-electron chi connectivity index (χ1n) is 5.30. The van der Waals surface area contributed by atoms with E-state index in [1.54, 1.807) is 0 Å². The standard InChI is InChI=1S/C13H21N/c1-6-11-10(2)8-7-9-12(11)14-13(3,4)5/h7-9,14H,6H2,1-5H3. The highest BCUT2D eigenvalue weighted by Crippen LogP contribution is 2.23. The Labute approximate surface area is 87.5 Å². The van der Waals surface area contributed by atoms with Crippen LogP contribution in [-0.2, 0) is 6.42 Å². The zero-order chi connectivity index (χ0) is 10.8. The van der Waals surface area contributed by atoms with Gasteiger partial charge in [0.2, 0.25) is 0 Å². The normalized spacial score (nSPS) is 11.5. The molecule has 0 fully saturated rings. The van der Waals surface area contributed by atoms with Gasteiger partial charge in [-0.05, 0) is 51.3 Å². The molecule has 0 radical (unpaired) electrons. The van der Waals surface area contributed by atoms with Crippen LogP contribution in [0.5, 0.6) is 0 Å². The topological polar surface area (TPSA) is 12.0 Å². The van der Waals surface area contributed by atoms with Crippen molar-refractivity contribution in [1.82, 2.24) is 0 Å². The van der Waals surface area contributed by atoms with E-state index in [9.17, 15) is 0 Å². The van der Waals surface area contributed by atoms with E-state index < -0.39 is 0 Å². The summed E-state index contributed by atoms with van der Waals surface area (Å²) in [5.41, 5.74) is 4.22. The van der Waals surface area contributed by atoms with E-state index in [0.29, 0.717) is 0 Å². The van der Waals surface area contributed by atoms with Crippen LogP contribution in [0.4, 0.5) is 5.69 Å². The van der Waals surface area contributed by atoms with Gasteiger partial charge in [-0.2, -0.15) is 0 Å². The lowest BCUT2D eigenvalue weighted by Gasteiger charge is -2.24. The minimum atomic E-state index is 0.137. The van der Waals surface area contributed by atoms with E-state index in [-0.39, 0.29) is 5.54 Å². The van der Waals surface area contributed by atoms with Gasteiger partial charge < -0.3 is 5.32 Å². The molecular weight excluding hydrogens is 170 g/mol. The minimum Gasteiger partial charge on any atom is -0.380 e. The third-order valence-electron chi connectivity index (χ3n) is 2.27. The first-order chi connectivity index (χ1) is 6.44. The summed E-state index contributed by atoms with van der Waals surface area (Å²) in [6.45, 7) is 10.9. The van der Waals surface area contributed by atoms with E-state index in [2.05, 4.69) is 58.1 Å². The monoisotopic (exact) mass is 191 g/mol. The predicted octanol–water partition coefficient (Wildman–Crippen LogP) is 3.77. The summed E-state index contributed by atoms with van der Waals surface area (Å²) < 4.78 is 0. The molecule has 1 aromatic carbocycles. The summed E-state index contributed by atoms with van der Waals surface area (Å²) in [5.74, 6) is 0. The van der Waals surface area contributed by atoms with E-state index in [1.165, 1.54) is 16.8 Å². The van der Waals surface area contributed by atoms with E-state index in [4.69, 9.17) is 0 Å². The molecular formula is C13H21N. The molecule has 0 amide bonds. The van der Waals surface area contributed by atoms with E-state index in [1.807, 2.05) is 0 Å². The van der Waals surface area contributed by atoms with Gasteiger partial charge >= 0.3 is 0 Å². The largest absolute Gasteiger partial charge is 0.380 e. The summed E-state index contributed by atoms with van der Waals surface area (Å²) in [6.07, 6.45) is 1.09. The van der Waals surface area contributed by atoms with Crippen molar-refractivity contribution in [3.05, 3.63) is 29.3 Å². The van der Waals surface area contributed by atoms with Crippen LogP contribution in [0.1, 0.15) is 38.8 Å². The zero-order valence-electron chi connectivity index (χ0n) is 9.94. The lowest BCUT2D eigenvalue weighted by Crippen LogP contribution is -2.26. The maximum absolute atomic E-state index is 3.54. The van der Waals surface area contributed by atoms with Gasteiger partial charge in [-0.1, -0.05) is 19.1 Å². The maximum atomic E-state index is 3.54. The Hall–Kier alpha value is -0.980. The lowest BCUT2D eigenvalue weighted by molar-refractivity contribution is 0.632. The van der Waals surface area contributed by atoms with E-state index in [0.717, 1.165) is 6.42 Å². The van der Waals surface area contributed by atoms with Crippen molar-refractivity contribution >= 4 is 5.69 Å². The van der Waals surface area contributed by atoms with Gasteiger partial charge in [-0.15, -0.1) is 0 Å². The predicted molar refractivity (Wildman–Crippen MR) is 63.9 cm³/mol. The molecule has 1 heteroatoms. The second kappa shape index (κ2) is 4.04. The molecule has 0 heterocycles. The molecule has 0 atom stereocenters. The third-order valence-corrected chi connectivity index (χ3v) is 2.27. The molecule has 14 heavy (non-hydrogen) atoms. The summed E-state index contributed by atoms with van der Waals surface area (Å²) in [4.78, 5) is 0. The molecule has 0 aromatic heterocycles. The number of hydrogen-bond donors (Lipinski definition) is 1. The fourth-order valence-corrected chi connectivity index (χ4v) is 1.69. The van der Waals surface area contributed by atoms with E-state index >= 15 is 0 Å². The number of anilines is 1. The summed E-state index contributed by atoms with van der Waals surface area (Å²) in [6, 6.07) is 6.45. The molecule has 78 valence electrons. The Balaban J connectivity index is 3.02. The highest BCUT2D eigenvalue weighted by atomic mass is 15.0. The molecule has 0 saturated carbocycles. The van der Waals surface area contributed by atoms with Crippen LogP contribution >= 0.6 is 0 Å². The summed E-state index contributed by atoms with van der Waals surface area (Å²) >= 11 is 0. The third kappa shape index (κ3) is 2.76. The van der Waals surface area contributed by atoms with Crippen molar-refractivity contribution in [1.29, 1.82) is 0 Å². The first kappa shape index (κ1) is 11.1. The lowest BCUT2D eigenvalue weighted by atomic mass is 10.0. The number of rotatable bonds is 2. The number of nitrogens with one attached hydrogen (secondary N) is 1. The van der Waals surface area contributed by atoms with Crippen molar-refractivity contribution in [2.75, 3.05) is 5.32 Å². The quantitative estimate of drug-likeness (QED) is 0.750. The molecule has 0 unspecified atom stereocenters. The fourth-order valence-electron chi connectivity index (χ4n) is 1.69. The van der Waals surface area contributed by atoms with Crippen molar-refractivity contribution in [3.63, 3.8) is 0 Å². The molecule has 1 aromatic rings. The fraction of sp³-hybridized carbons (Fsp3) is 0.538. The SMILES string of the molecule is CCc1c(C)cccc1NC(C)(C)C. The van der Waals surface area contributed by atoms with Crippen LogP contribution in [0.2, 0.25) is 0 Å². The van der Waals surface area contributed by atoms with Gasteiger partial charge in [0.25, 0.3) is 0 Å². The Morgan fingerprint density at radius 1 is 1.21 bits per heavy atom. The van der Waals surface area contributed by atoms with Crippen molar-refractivity contribution < 1.29 is 0 Å². The molecule has 1 rings (SSSR count). The number of aryl methyl sites for hydroxylation is 1. The van der Waals surface area contributed by atoms with Gasteiger partial charge in [0.15, 0.2) is 0 Å². The molecule has 1 N–H and O–H groups in total. The minimum absolute atomic E-state index is 0.137. The average molecular weight is 191 g/mol. The second-order valence-corrected chi connectivity index (χ2v) is 4.83. The van der Waals surface area contributed by atoms with Crippen LogP contribution in [0.15, 0.2) is 18.2 Å². The highest BCUT2D eigenvalue weighted by Gasteiger charge is 2.11. The van der Waals surface area contributed by atoms with Crippen LogP contribution in [0, 0.1) is 6.92 Å². The Bertz CT molecular complexity index is 308. The second-order valence-electron chi connectivity index (χ2n) is 4.83. The smallest absolute Gasteiger partial charge is 0.0379 e. The van der Waals surface area contributed by atoms with Crippen molar-refractivity contribution in [3.8, 4) is 0 Å².